The molecule has 0 unspecified atom stereocenters. The molecule has 1 aliphatic carbocycles. The van der Waals surface area contributed by atoms with Crippen molar-refractivity contribution in [2.75, 3.05) is 0 Å². The maximum absolute atomic E-state index is 4.19. The van der Waals surface area contributed by atoms with Crippen molar-refractivity contribution in [1.29, 1.82) is 0 Å². The molecular formula is C13H25N5. The second kappa shape index (κ2) is 3.76. The average Bonchev–Trinajstić information content (AvgIpc) is 2.55. The lowest BCUT2D eigenvalue weighted by atomic mass is 10.0. The van der Waals surface area contributed by atoms with Crippen LogP contribution in [0.5, 0.6) is 0 Å². The van der Waals surface area contributed by atoms with Crippen LogP contribution in [0.1, 0.15) is 60.3 Å². The molecule has 1 saturated carbocycles. The van der Waals surface area contributed by atoms with E-state index in [4.69, 9.17) is 0 Å². The normalized spacial score (nSPS) is 22.2. The molecule has 0 atom stereocenters. The minimum Gasteiger partial charge on any atom is -0.305 e. The predicted molar refractivity (Wildman–Crippen MR) is 71.0 cm³/mol. The highest BCUT2D eigenvalue weighted by Gasteiger charge is 2.67. The highest BCUT2D eigenvalue weighted by Crippen LogP contribution is 2.71. The average molecular weight is 251 g/mol. The number of nitrogens with one attached hydrogen (secondary N) is 1. The Balaban J connectivity index is 2.16. The molecule has 18 heavy (non-hydrogen) atoms. The van der Waals surface area contributed by atoms with Crippen molar-refractivity contribution in [3.63, 3.8) is 0 Å². The van der Waals surface area contributed by atoms with Crippen molar-refractivity contribution >= 4 is 0 Å². The van der Waals surface area contributed by atoms with Crippen LogP contribution in [0.15, 0.2) is 0 Å². The summed E-state index contributed by atoms with van der Waals surface area (Å²) in [5.74, 6) is 0.925. The third-order valence-corrected chi connectivity index (χ3v) is 4.53. The summed E-state index contributed by atoms with van der Waals surface area (Å²) in [6.07, 6.45) is 0. The Bertz CT molecular complexity index is 424. The quantitative estimate of drug-likeness (QED) is 0.894. The SMILES string of the molecule is CC(C)(C)NCc1nnnn1C1C(C)(C)C1(C)C. The van der Waals surface area contributed by atoms with Gasteiger partial charge in [-0.15, -0.1) is 5.10 Å². The molecular weight excluding hydrogens is 226 g/mol. The summed E-state index contributed by atoms with van der Waals surface area (Å²) in [7, 11) is 0. The summed E-state index contributed by atoms with van der Waals surface area (Å²) >= 11 is 0. The lowest BCUT2D eigenvalue weighted by Gasteiger charge is -2.20. The molecule has 0 saturated heterocycles. The smallest absolute Gasteiger partial charge is 0.165 e. The molecule has 1 aromatic heterocycles. The van der Waals surface area contributed by atoms with E-state index in [-0.39, 0.29) is 16.4 Å². The van der Waals surface area contributed by atoms with Gasteiger partial charge in [-0.05, 0) is 42.0 Å². The maximum Gasteiger partial charge on any atom is 0.165 e. The molecule has 0 amide bonds. The Morgan fingerprint density at radius 3 is 2.17 bits per heavy atom. The molecule has 2 rings (SSSR count). The molecule has 1 aliphatic rings. The van der Waals surface area contributed by atoms with Crippen LogP contribution in [0, 0.1) is 10.8 Å². The molecule has 0 bridgehead atoms. The van der Waals surface area contributed by atoms with Crippen molar-refractivity contribution in [2.45, 2.75) is 66.6 Å². The molecule has 0 radical (unpaired) electrons. The standard InChI is InChI=1S/C13H25N5/c1-11(2,3)14-8-9-15-16-17-18(9)10-12(4,5)13(10,6)7/h10,14H,8H2,1-7H3. The third-order valence-electron chi connectivity index (χ3n) is 4.53. The first-order chi connectivity index (χ1) is 8.07. The van der Waals surface area contributed by atoms with Crippen LogP contribution in [0.4, 0.5) is 0 Å². The topological polar surface area (TPSA) is 55.6 Å². The van der Waals surface area contributed by atoms with E-state index in [0.29, 0.717) is 12.6 Å². The Labute approximate surface area is 109 Å². The molecule has 1 heterocycles. The fraction of sp³-hybridized carbons (Fsp3) is 0.923. The van der Waals surface area contributed by atoms with Crippen LogP contribution >= 0.6 is 0 Å². The van der Waals surface area contributed by atoms with E-state index in [1.807, 2.05) is 4.68 Å². The number of tetrazole rings is 1. The summed E-state index contributed by atoms with van der Waals surface area (Å²) in [6, 6.07) is 0.386. The van der Waals surface area contributed by atoms with Crippen LogP contribution in [0.3, 0.4) is 0 Å². The van der Waals surface area contributed by atoms with Crippen molar-refractivity contribution in [3.05, 3.63) is 5.82 Å². The van der Waals surface area contributed by atoms with E-state index in [0.717, 1.165) is 5.82 Å². The van der Waals surface area contributed by atoms with Crippen LogP contribution in [0.25, 0.3) is 0 Å². The second-order valence-electron chi connectivity index (χ2n) is 7.49. The number of aromatic nitrogens is 4. The second-order valence-corrected chi connectivity index (χ2v) is 7.49. The van der Waals surface area contributed by atoms with Gasteiger partial charge in [0, 0.05) is 5.54 Å². The van der Waals surface area contributed by atoms with Gasteiger partial charge in [0.15, 0.2) is 5.82 Å². The minimum atomic E-state index is 0.0748. The van der Waals surface area contributed by atoms with Gasteiger partial charge in [0.1, 0.15) is 0 Å². The molecule has 1 N–H and O–H groups in total. The summed E-state index contributed by atoms with van der Waals surface area (Å²) < 4.78 is 2.00. The highest BCUT2D eigenvalue weighted by molar-refractivity contribution is 5.16. The van der Waals surface area contributed by atoms with Gasteiger partial charge < -0.3 is 5.32 Å². The van der Waals surface area contributed by atoms with Gasteiger partial charge in [0.05, 0.1) is 12.6 Å². The highest BCUT2D eigenvalue weighted by atomic mass is 15.6. The van der Waals surface area contributed by atoms with Gasteiger partial charge in [-0.2, -0.15) is 0 Å². The van der Waals surface area contributed by atoms with Crippen LogP contribution in [-0.2, 0) is 6.54 Å². The fourth-order valence-corrected chi connectivity index (χ4v) is 2.65. The molecule has 0 aromatic carbocycles. The summed E-state index contributed by atoms with van der Waals surface area (Å²) in [4.78, 5) is 0. The minimum absolute atomic E-state index is 0.0748. The summed E-state index contributed by atoms with van der Waals surface area (Å²) in [5, 5.41) is 15.6. The number of rotatable bonds is 3. The zero-order chi connectivity index (χ0) is 13.8. The predicted octanol–water partition coefficient (Wildman–Crippen LogP) is 2.17. The molecule has 0 spiro atoms. The zero-order valence-electron chi connectivity index (χ0n) is 12.6. The molecule has 1 fully saturated rings. The van der Waals surface area contributed by atoms with Gasteiger partial charge in [0.25, 0.3) is 0 Å². The number of hydrogen-bond donors (Lipinski definition) is 1. The third kappa shape index (κ3) is 2.05. The lowest BCUT2D eigenvalue weighted by Crippen LogP contribution is -2.36. The van der Waals surface area contributed by atoms with Crippen molar-refractivity contribution in [2.24, 2.45) is 10.8 Å². The van der Waals surface area contributed by atoms with E-state index in [1.165, 1.54) is 0 Å². The van der Waals surface area contributed by atoms with Crippen molar-refractivity contribution < 1.29 is 0 Å². The zero-order valence-corrected chi connectivity index (χ0v) is 12.6. The van der Waals surface area contributed by atoms with E-state index < -0.39 is 0 Å². The Morgan fingerprint density at radius 1 is 1.17 bits per heavy atom. The summed E-state index contributed by atoms with van der Waals surface area (Å²) in [5.41, 5.74) is 0.573. The van der Waals surface area contributed by atoms with Crippen LogP contribution in [0.2, 0.25) is 0 Å². The number of nitrogens with zero attached hydrogens (tertiary/aromatic N) is 4. The van der Waals surface area contributed by atoms with E-state index >= 15 is 0 Å². The first-order valence-corrected chi connectivity index (χ1v) is 6.59. The van der Waals surface area contributed by atoms with Gasteiger partial charge in [-0.1, -0.05) is 27.7 Å². The molecule has 102 valence electrons. The Morgan fingerprint density at radius 2 is 1.72 bits per heavy atom. The lowest BCUT2D eigenvalue weighted by molar-refractivity contribution is 0.399. The van der Waals surface area contributed by atoms with Gasteiger partial charge in [-0.3, -0.25) is 0 Å². The van der Waals surface area contributed by atoms with Crippen LogP contribution < -0.4 is 5.32 Å². The Hall–Kier alpha value is -0.970. The first kappa shape index (κ1) is 13.5. The van der Waals surface area contributed by atoms with Gasteiger partial charge in [-0.25, -0.2) is 4.68 Å². The van der Waals surface area contributed by atoms with Crippen LogP contribution in [-0.4, -0.2) is 25.7 Å². The monoisotopic (exact) mass is 251 g/mol. The van der Waals surface area contributed by atoms with E-state index in [1.54, 1.807) is 0 Å². The van der Waals surface area contributed by atoms with Crippen molar-refractivity contribution in [1.82, 2.24) is 25.5 Å². The van der Waals surface area contributed by atoms with Gasteiger partial charge >= 0.3 is 0 Å². The van der Waals surface area contributed by atoms with E-state index in [9.17, 15) is 0 Å². The molecule has 0 aliphatic heterocycles. The largest absolute Gasteiger partial charge is 0.305 e. The van der Waals surface area contributed by atoms with Gasteiger partial charge in [0.2, 0.25) is 0 Å². The summed E-state index contributed by atoms with van der Waals surface area (Å²) in [6.45, 7) is 16.3. The fourth-order valence-electron chi connectivity index (χ4n) is 2.65. The van der Waals surface area contributed by atoms with Crippen molar-refractivity contribution in [3.8, 4) is 0 Å². The Kier molecular flexibility index (Phi) is 2.81. The molecule has 5 nitrogen and oxygen atoms in total. The molecule has 1 aromatic rings. The molecule has 5 heteroatoms. The van der Waals surface area contributed by atoms with E-state index in [2.05, 4.69) is 69.3 Å². The first-order valence-electron chi connectivity index (χ1n) is 6.59. The maximum atomic E-state index is 4.19. The number of hydrogen-bond acceptors (Lipinski definition) is 4.